The van der Waals surface area contributed by atoms with E-state index in [0.717, 1.165) is 38.2 Å². The molecule has 4 heteroatoms. The van der Waals surface area contributed by atoms with Crippen molar-refractivity contribution >= 4 is 16.7 Å². The smallest absolute Gasteiger partial charge is 0.112 e. The van der Waals surface area contributed by atoms with Crippen LogP contribution in [0.25, 0.3) is 11.0 Å². The number of hydrogen-bond donors (Lipinski definition) is 1. The van der Waals surface area contributed by atoms with Crippen LogP contribution in [0, 0.1) is 0 Å². The predicted molar refractivity (Wildman–Crippen MR) is 84.6 cm³/mol. The van der Waals surface area contributed by atoms with E-state index in [1.807, 2.05) is 0 Å². The molecule has 20 heavy (non-hydrogen) atoms. The van der Waals surface area contributed by atoms with Gasteiger partial charge >= 0.3 is 0 Å². The van der Waals surface area contributed by atoms with Gasteiger partial charge in [-0.15, -0.1) is 0 Å². The Morgan fingerprint density at radius 1 is 1.25 bits per heavy atom. The van der Waals surface area contributed by atoms with Crippen LogP contribution in [0.3, 0.4) is 0 Å². The van der Waals surface area contributed by atoms with Crippen molar-refractivity contribution < 1.29 is 0 Å². The van der Waals surface area contributed by atoms with Crippen molar-refractivity contribution in [3.05, 3.63) is 24.0 Å². The number of nitrogens with zero attached hydrogens (tertiary/aromatic N) is 3. The maximum atomic E-state index is 4.86. The summed E-state index contributed by atoms with van der Waals surface area (Å²) >= 11 is 0. The topological polar surface area (TPSA) is 33.1 Å². The summed E-state index contributed by atoms with van der Waals surface area (Å²) in [6.07, 6.45) is 0. The third kappa shape index (κ3) is 2.29. The molecular formula is C16H24N4. The highest BCUT2D eigenvalue weighted by Gasteiger charge is 2.15. The van der Waals surface area contributed by atoms with E-state index < -0.39 is 0 Å². The summed E-state index contributed by atoms with van der Waals surface area (Å²) in [7, 11) is 0. The van der Waals surface area contributed by atoms with Gasteiger partial charge in [0, 0.05) is 44.3 Å². The molecule has 4 nitrogen and oxygen atoms in total. The highest BCUT2D eigenvalue weighted by molar-refractivity contribution is 5.80. The standard InChI is InChI=1S/C16H24N4/c1-4-20-15-6-5-13(19-9-7-17-8-10-19)11-14(15)18-16(20)12(2)3/h5-6,11-12,17H,4,7-10H2,1-3H3. The van der Waals surface area contributed by atoms with Gasteiger partial charge in [-0.2, -0.15) is 0 Å². The lowest BCUT2D eigenvalue weighted by atomic mass is 10.2. The predicted octanol–water partition coefficient (Wildman–Crippen LogP) is 2.59. The van der Waals surface area contributed by atoms with E-state index in [2.05, 4.69) is 53.8 Å². The van der Waals surface area contributed by atoms with Crippen molar-refractivity contribution in [3.63, 3.8) is 0 Å². The molecule has 2 heterocycles. The molecule has 0 saturated carbocycles. The fourth-order valence-electron chi connectivity index (χ4n) is 3.03. The summed E-state index contributed by atoms with van der Waals surface area (Å²) in [6, 6.07) is 6.72. The van der Waals surface area contributed by atoms with Gasteiger partial charge in [-0.3, -0.25) is 0 Å². The van der Waals surface area contributed by atoms with Gasteiger partial charge in [-0.05, 0) is 25.1 Å². The Morgan fingerprint density at radius 2 is 2.00 bits per heavy atom. The van der Waals surface area contributed by atoms with Crippen LogP contribution < -0.4 is 10.2 Å². The Hall–Kier alpha value is -1.55. The Bertz CT molecular complexity index is 594. The minimum Gasteiger partial charge on any atom is -0.369 e. The van der Waals surface area contributed by atoms with Crippen molar-refractivity contribution in [2.24, 2.45) is 0 Å². The lowest BCUT2D eigenvalue weighted by Crippen LogP contribution is -2.43. The Kier molecular flexibility index (Phi) is 3.66. The number of aromatic nitrogens is 2. The Labute approximate surface area is 120 Å². The molecule has 0 unspecified atom stereocenters. The van der Waals surface area contributed by atoms with E-state index in [4.69, 9.17) is 4.98 Å². The lowest BCUT2D eigenvalue weighted by Gasteiger charge is -2.29. The molecule has 0 aliphatic carbocycles. The third-order valence-electron chi connectivity index (χ3n) is 4.08. The first-order valence-corrected chi connectivity index (χ1v) is 7.66. The largest absolute Gasteiger partial charge is 0.369 e. The monoisotopic (exact) mass is 272 g/mol. The van der Waals surface area contributed by atoms with Crippen LogP contribution in [-0.2, 0) is 6.54 Å². The van der Waals surface area contributed by atoms with E-state index in [-0.39, 0.29) is 0 Å². The van der Waals surface area contributed by atoms with Crippen molar-refractivity contribution in [2.75, 3.05) is 31.1 Å². The van der Waals surface area contributed by atoms with Gasteiger partial charge < -0.3 is 14.8 Å². The van der Waals surface area contributed by atoms with E-state index in [1.165, 1.54) is 17.0 Å². The summed E-state index contributed by atoms with van der Waals surface area (Å²) < 4.78 is 2.33. The van der Waals surface area contributed by atoms with E-state index in [9.17, 15) is 0 Å². The number of hydrogen-bond acceptors (Lipinski definition) is 3. The minimum atomic E-state index is 0.463. The number of aryl methyl sites for hydroxylation is 1. The fraction of sp³-hybridized carbons (Fsp3) is 0.562. The zero-order valence-electron chi connectivity index (χ0n) is 12.7. The number of piperazine rings is 1. The molecule has 0 bridgehead atoms. The van der Waals surface area contributed by atoms with Crippen LogP contribution in [0.15, 0.2) is 18.2 Å². The average Bonchev–Trinajstić information content (AvgIpc) is 2.86. The van der Waals surface area contributed by atoms with Gasteiger partial charge in [0.15, 0.2) is 0 Å². The first-order chi connectivity index (χ1) is 9.70. The fourth-order valence-corrected chi connectivity index (χ4v) is 3.03. The van der Waals surface area contributed by atoms with E-state index in [1.54, 1.807) is 0 Å². The second-order valence-electron chi connectivity index (χ2n) is 5.78. The molecule has 1 saturated heterocycles. The SMILES string of the molecule is CCn1c(C(C)C)nc2cc(N3CCNCC3)ccc21. The normalized spacial score (nSPS) is 16.3. The first-order valence-electron chi connectivity index (χ1n) is 7.66. The quantitative estimate of drug-likeness (QED) is 0.932. The Morgan fingerprint density at radius 3 is 2.65 bits per heavy atom. The highest BCUT2D eigenvalue weighted by atomic mass is 15.2. The van der Waals surface area contributed by atoms with Crippen LogP contribution in [0.4, 0.5) is 5.69 Å². The van der Waals surface area contributed by atoms with Crippen LogP contribution in [-0.4, -0.2) is 35.7 Å². The molecule has 1 fully saturated rings. The molecule has 0 spiro atoms. The summed E-state index contributed by atoms with van der Waals surface area (Å²) in [6.45, 7) is 11.9. The van der Waals surface area contributed by atoms with Gasteiger partial charge in [0.2, 0.25) is 0 Å². The van der Waals surface area contributed by atoms with Crippen molar-refractivity contribution in [3.8, 4) is 0 Å². The van der Waals surface area contributed by atoms with Crippen molar-refractivity contribution in [2.45, 2.75) is 33.2 Å². The molecule has 1 aliphatic heterocycles. The molecule has 1 aromatic heterocycles. The number of benzene rings is 1. The zero-order valence-corrected chi connectivity index (χ0v) is 12.7. The number of imidazole rings is 1. The lowest BCUT2D eigenvalue weighted by molar-refractivity contribution is 0.589. The van der Waals surface area contributed by atoms with Crippen LogP contribution in [0.1, 0.15) is 32.5 Å². The molecule has 0 radical (unpaired) electrons. The Balaban J connectivity index is 2.02. The molecule has 0 atom stereocenters. The van der Waals surface area contributed by atoms with Gasteiger partial charge in [0.05, 0.1) is 11.0 Å². The molecule has 1 aliphatic rings. The van der Waals surface area contributed by atoms with Crippen LogP contribution in [0.2, 0.25) is 0 Å². The van der Waals surface area contributed by atoms with Gasteiger partial charge in [0.25, 0.3) is 0 Å². The van der Waals surface area contributed by atoms with Gasteiger partial charge in [-0.25, -0.2) is 4.98 Å². The maximum Gasteiger partial charge on any atom is 0.112 e. The summed E-state index contributed by atoms with van der Waals surface area (Å²) in [5.41, 5.74) is 3.69. The molecule has 1 N–H and O–H groups in total. The number of nitrogens with one attached hydrogen (secondary N) is 1. The molecule has 1 aromatic carbocycles. The number of anilines is 1. The zero-order chi connectivity index (χ0) is 14.1. The van der Waals surface area contributed by atoms with E-state index >= 15 is 0 Å². The number of fused-ring (bicyclic) bond motifs is 1. The average molecular weight is 272 g/mol. The summed E-state index contributed by atoms with van der Waals surface area (Å²) in [4.78, 5) is 7.30. The first kappa shape index (κ1) is 13.4. The van der Waals surface area contributed by atoms with Crippen molar-refractivity contribution in [1.29, 1.82) is 0 Å². The third-order valence-corrected chi connectivity index (χ3v) is 4.08. The summed E-state index contributed by atoms with van der Waals surface area (Å²) in [5.74, 6) is 1.66. The second-order valence-corrected chi connectivity index (χ2v) is 5.78. The molecule has 2 aromatic rings. The number of rotatable bonds is 3. The maximum absolute atomic E-state index is 4.86. The van der Waals surface area contributed by atoms with Crippen LogP contribution >= 0.6 is 0 Å². The highest BCUT2D eigenvalue weighted by Crippen LogP contribution is 2.26. The molecular weight excluding hydrogens is 248 g/mol. The van der Waals surface area contributed by atoms with Gasteiger partial charge in [-0.1, -0.05) is 13.8 Å². The van der Waals surface area contributed by atoms with Crippen molar-refractivity contribution in [1.82, 2.24) is 14.9 Å². The summed E-state index contributed by atoms with van der Waals surface area (Å²) in [5, 5.41) is 3.40. The molecule has 0 amide bonds. The van der Waals surface area contributed by atoms with Crippen LogP contribution in [0.5, 0.6) is 0 Å². The second kappa shape index (κ2) is 5.44. The molecule has 3 rings (SSSR count). The van der Waals surface area contributed by atoms with E-state index in [0.29, 0.717) is 5.92 Å². The molecule has 108 valence electrons. The van der Waals surface area contributed by atoms with Gasteiger partial charge in [0.1, 0.15) is 5.82 Å². The minimum absolute atomic E-state index is 0.463.